The van der Waals surface area contributed by atoms with Crippen molar-refractivity contribution in [2.45, 2.75) is 20.8 Å². The molecule has 2 rings (SSSR count). The highest BCUT2D eigenvalue weighted by Crippen LogP contribution is 2.12. The second-order valence-electron chi connectivity index (χ2n) is 5.33. The standard InChI is InChI=1S/C19H22N4O3S/c1-4-26-18(25)16(20-17(24)14-9-7-6-8-10-14)12-11-15-13(3)22-23-19(21-15)27-5-2/h6-12H,4-5H2,1-3H3,(H,20,24)(H,21,23)/b15-11-,16-12-. The number of hydrogen-bond acceptors (Lipinski definition) is 7. The van der Waals surface area contributed by atoms with Crippen LogP contribution >= 0.6 is 11.8 Å². The summed E-state index contributed by atoms with van der Waals surface area (Å²) in [6.07, 6.45) is 3.11. The number of carbonyl (C=O) groups excluding carboxylic acids is 2. The second kappa shape index (κ2) is 10.3. The van der Waals surface area contributed by atoms with Crippen LogP contribution in [0.1, 0.15) is 31.1 Å². The fraction of sp³-hybridized carbons (Fsp3) is 0.263. The lowest BCUT2D eigenvalue weighted by molar-refractivity contribution is -0.138. The summed E-state index contributed by atoms with van der Waals surface area (Å²) in [6.45, 7) is 5.72. The molecule has 7 nitrogen and oxygen atoms in total. The van der Waals surface area contributed by atoms with Crippen LogP contribution in [0.25, 0.3) is 0 Å². The van der Waals surface area contributed by atoms with E-state index in [4.69, 9.17) is 4.74 Å². The maximum absolute atomic E-state index is 12.4. The molecule has 0 fully saturated rings. The van der Waals surface area contributed by atoms with Gasteiger partial charge in [0.05, 0.1) is 18.0 Å². The van der Waals surface area contributed by atoms with Crippen molar-refractivity contribution in [3.8, 4) is 0 Å². The number of hydrogen-bond donors (Lipinski definition) is 2. The maximum atomic E-state index is 12.4. The number of esters is 1. The summed E-state index contributed by atoms with van der Waals surface area (Å²) >= 11 is 1.52. The highest BCUT2D eigenvalue weighted by molar-refractivity contribution is 8.13. The number of thioether (sulfide) groups is 1. The number of amidine groups is 1. The molecule has 0 bridgehead atoms. The summed E-state index contributed by atoms with van der Waals surface area (Å²) in [5.41, 5.74) is 4.61. The van der Waals surface area contributed by atoms with Gasteiger partial charge in [-0.1, -0.05) is 36.9 Å². The Morgan fingerprint density at radius 2 is 2.00 bits per heavy atom. The monoisotopic (exact) mass is 386 g/mol. The molecule has 1 amide bonds. The van der Waals surface area contributed by atoms with Gasteiger partial charge in [-0.15, -0.1) is 0 Å². The van der Waals surface area contributed by atoms with E-state index in [1.165, 1.54) is 17.8 Å². The minimum absolute atomic E-state index is 0.0319. The number of rotatable bonds is 6. The molecule has 1 aromatic carbocycles. The quantitative estimate of drug-likeness (QED) is 0.579. The van der Waals surface area contributed by atoms with Crippen LogP contribution in [0.5, 0.6) is 0 Å². The molecule has 1 heterocycles. The predicted octanol–water partition coefficient (Wildman–Crippen LogP) is 2.84. The molecule has 0 saturated carbocycles. The van der Waals surface area contributed by atoms with Crippen molar-refractivity contribution >= 4 is 34.5 Å². The third-order valence-corrected chi connectivity index (χ3v) is 4.13. The third kappa shape index (κ3) is 6.10. The molecule has 142 valence electrons. The molecule has 2 N–H and O–H groups in total. The number of nitrogens with zero attached hydrogens (tertiary/aromatic N) is 2. The molecule has 0 atom stereocenters. The average molecular weight is 386 g/mol. The van der Waals surface area contributed by atoms with E-state index in [0.29, 0.717) is 22.1 Å². The lowest BCUT2D eigenvalue weighted by Gasteiger charge is -2.13. The molecular weight excluding hydrogens is 364 g/mol. The number of allylic oxidation sites excluding steroid dienone is 3. The molecule has 0 spiro atoms. The molecule has 0 saturated heterocycles. The smallest absolute Gasteiger partial charge is 0.354 e. The maximum Gasteiger partial charge on any atom is 0.354 e. The number of carbonyl (C=O) groups is 2. The Hall–Kier alpha value is -2.87. The van der Waals surface area contributed by atoms with E-state index in [0.717, 1.165) is 5.75 Å². The van der Waals surface area contributed by atoms with Crippen LogP contribution in [0.15, 0.2) is 64.0 Å². The van der Waals surface area contributed by atoms with Crippen molar-refractivity contribution in [2.24, 2.45) is 10.1 Å². The minimum atomic E-state index is -0.616. The lowest BCUT2D eigenvalue weighted by atomic mass is 10.2. The zero-order valence-corrected chi connectivity index (χ0v) is 16.3. The molecule has 0 unspecified atom stereocenters. The number of amides is 1. The fourth-order valence-electron chi connectivity index (χ4n) is 2.08. The lowest BCUT2D eigenvalue weighted by Crippen LogP contribution is -2.28. The summed E-state index contributed by atoms with van der Waals surface area (Å²) < 4.78 is 5.03. The molecule has 1 aromatic rings. The van der Waals surface area contributed by atoms with Gasteiger partial charge in [0.15, 0.2) is 5.17 Å². The largest absolute Gasteiger partial charge is 0.461 e. The molecule has 1 aliphatic heterocycles. The van der Waals surface area contributed by atoms with Crippen molar-refractivity contribution in [3.05, 3.63) is 59.4 Å². The Labute approximate surface area is 162 Å². The van der Waals surface area contributed by atoms with Crippen LogP contribution in [0.2, 0.25) is 0 Å². The average Bonchev–Trinajstić information content (AvgIpc) is 2.68. The SMILES string of the molecule is CCOC(=O)/C(=C/C=C1\N=C(SCC)NN=C1C)NC(=O)c1ccccc1. The van der Waals surface area contributed by atoms with Crippen LogP contribution in [-0.2, 0) is 9.53 Å². The van der Waals surface area contributed by atoms with E-state index in [-0.39, 0.29) is 12.3 Å². The number of hydrazone groups is 1. The molecule has 27 heavy (non-hydrogen) atoms. The van der Waals surface area contributed by atoms with Gasteiger partial charge < -0.3 is 10.1 Å². The number of benzene rings is 1. The van der Waals surface area contributed by atoms with Gasteiger partial charge in [-0.05, 0) is 43.9 Å². The van der Waals surface area contributed by atoms with Crippen molar-refractivity contribution in [3.63, 3.8) is 0 Å². The third-order valence-electron chi connectivity index (χ3n) is 3.38. The van der Waals surface area contributed by atoms with Gasteiger partial charge in [0, 0.05) is 5.56 Å². The normalized spacial score (nSPS) is 15.5. The number of ether oxygens (including phenoxy) is 1. The van der Waals surface area contributed by atoms with E-state index in [1.807, 2.05) is 13.0 Å². The first-order valence-corrected chi connectivity index (χ1v) is 9.51. The number of aliphatic imine (C=N–C) groups is 1. The second-order valence-corrected chi connectivity index (χ2v) is 6.58. The highest BCUT2D eigenvalue weighted by Gasteiger charge is 2.15. The first-order valence-electron chi connectivity index (χ1n) is 8.52. The van der Waals surface area contributed by atoms with Gasteiger partial charge in [-0.25, -0.2) is 9.79 Å². The Balaban J connectivity index is 2.27. The van der Waals surface area contributed by atoms with Gasteiger partial charge in [0.25, 0.3) is 5.91 Å². The fourth-order valence-corrected chi connectivity index (χ4v) is 2.63. The van der Waals surface area contributed by atoms with Crippen LogP contribution in [0, 0.1) is 0 Å². The predicted molar refractivity (Wildman–Crippen MR) is 109 cm³/mol. The van der Waals surface area contributed by atoms with Crippen LogP contribution in [-0.4, -0.2) is 35.1 Å². The molecule has 0 aliphatic carbocycles. The van der Waals surface area contributed by atoms with Crippen molar-refractivity contribution < 1.29 is 14.3 Å². The molecule has 1 aliphatic rings. The van der Waals surface area contributed by atoms with Gasteiger partial charge in [-0.2, -0.15) is 5.10 Å². The van der Waals surface area contributed by atoms with E-state index < -0.39 is 11.9 Å². The van der Waals surface area contributed by atoms with E-state index in [2.05, 4.69) is 20.8 Å². The van der Waals surface area contributed by atoms with E-state index in [9.17, 15) is 9.59 Å². The summed E-state index contributed by atoms with van der Waals surface area (Å²) in [7, 11) is 0. The van der Waals surface area contributed by atoms with Crippen molar-refractivity contribution in [1.29, 1.82) is 0 Å². The Morgan fingerprint density at radius 1 is 1.26 bits per heavy atom. The van der Waals surface area contributed by atoms with Gasteiger partial charge in [0.1, 0.15) is 5.70 Å². The molecule has 0 aromatic heterocycles. The van der Waals surface area contributed by atoms with Gasteiger partial charge in [-0.3, -0.25) is 10.2 Å². The Bertz CT molecular complexity index is 814. The van der Waals surface area contributed by atoms with Gasteiger partial charge in [0.2, 0.25) is 0 Å². The molecule has 8 heteroatoms. The first-order chi connectivity index (χ1) is 13.0. The van der Waals surface area contributed by atoms with Crippen LogP contribution < -0.4 is 10.7 Å². The summed E-state index contributed by atoms with van der Waals surface area (Å²) in [5.74, 6) is -0.158. The Morgan fingerprint density at radius 3 is 2.67 bits per heavy atom. The minimum Gasteiger partial charge on any atom is -0.461 e. The molecule has 0 radical (unpaired) electrons. The zero-order chi connectivity index (χ0) is 19.6. The first kappa shape index (κ1) is 20.4. The van der Waals surface area contributed by atoms with Crippen molar-refractivity contribution in [2.75, 3.05) is 12.4 Å². The van der Waals surface area contributed by atoms with Gasteiger partial charge >= 0.3 is 5.97 Å². The highest BCUT2D eigenvalue weighted by atomic mass is 32.2. The van der Waals surface area contributed by atoms with E-state index >= 15 is 0 Å². The zero-order valence-electron chi connectivity index (χ0n) is 15.5. The number of nitrogens with one attached hydrogen (secondary N) is 2. The summed E-state index contributed by atoms with van der Waals surface area (Å²) in [4.78, 5) is 29.0. The summed E-state index contributed by atoms with van der Waals surface area (Å²) in [5, 5.41) is 7.47. The topological polar surface area (TPSA) is 92.2 Å². The van der Waals surface area contributed by atoms with Crippen LogP contribution in [0.4, 0.5) is 0 Å². The summed E-state index contributed by atoms with van der Waals surface area (Å²) in [6, 6.07) is 8.64. The van der Waals surface area contributed by atoms with E-state index in [1.54, 1.807) is 44.2 Å². The van der Waals surface area contributed by atoms with Crippen LogP contribution in [0.3, 0.4) is 0 Å². The molecular formula is C19H22N4O3S. The van der Waals surface area contributed by atoms with Crippen molar-refractivity contribution in [1.82, 2.24) is 10.7 Å². The Kier molecular flexibility index (Phi) is 7.81.